The van der Waals surface area contributed by atoms with Gasteiger partial charge < -0.3 is 9.80 Å². The molecule has 0 saturated heterocycles. The average Bonchev–Trinajstić information content (AvgIpc) is 3.54. The molecule has 1 saturated carbocycles. The molecule has 2 nitrogen and oxygen atoms in total. The quantitative estimate of drug-likeness (QED) is 0.133. The number of hydrogen-bond donors (Lipinski definition) is 0. The van der Waals surface area contributed by atoms with Crippen LogP contribution < -0.4 is 26.2 Å². The summed E-state index contributed by atoms with van der Waals surface area (Å²) in [6.45, 7) is -0.298. The van der Waals surface area contributed by atoms with Gasteiger partial charge in [-0.15, -0.1) is 0 Å². The summed E-state index contributed by atoms with van der Waals surface area (Å²) >= 11 is 0. The minimum absolute atomic E-state index is 0.279. The summed E-state index contributed by atoms with van der Waals surface area (Å²) in [5, 5.41) is 0. The van der Waals surface area contributed by atoms with Crippen molar-refractivity contribution in [1.82, 2.24) is 0 Å². The second-order valence-electron chi connectivity index (χ2n) is 20.8. The lowest BCUT2D eigenvalue weighted by Crippen LogP contribution is -2.61. The highest BCUT2D eigenvalue weighted by Crippen LogP contribution is 2.54. The van der Waals surface area contributed by atoms with E-state index < -0.39 is 0 Å². The first-order valence-electron chi connectivity index (χ1n) is 27.1. The lowest BCUT2D eigenvalue weighted by atomic mass is 9.33. The molecule has 77 heavy (non-hydrogen) atoms. The predicted octanol–water partition coefficient (Wildman–Crippen LogP) is 18.1. The summed E-state index contributed by atoms with van der Waals surface area (Å²) in [6, 6.07) is 89.2. The third-order valence-corrected chi connectivity index (χ3v) is 16.3. The van der Waals surface area contributed by atoms with Crippen LogP contribution in [0, 0.1) is 11.6 Å². The van der Waals surface area contributed by atoms with Crippen LogP contribution in [0.3, 0.4) is 0 Å². The predicted molar refractivity (Wildman–Crippen MR) is 319 cm³/mol. The van der Waals surface area contributed by atoms with Gasteiger partial charge in [0.25, 0.3) is 6.71 Å². The van der Waals surface area contributed by atoms with Crippen LogP contribution in [0.15, 0.2) is 255 Å². The molecule has 3 aliphatic rings. The van der Waals surface area contributed by atoms with Crippen LogP contribution in [-0.2, 0) is 0 Å². The molecule has 0 radical (unpaired) electrons. The number of benzene rings is 11. The van der Waals surface area contributed by atoms with Gasteiger partial charge in [0.2, 0.25) is 0 Å². The van der Waals surface area contributed by atoms with Crippen LogP contribution >= 0.6 is 0 Å². The van der Waals surface area contributed by atoms with E-state index in [1.165, 1.54) is 42.4 Å². The van der Waals surface area contributed by atoms with Crippen molar-refractivity contribution in [1.29, 1.82) is 0 Å². The first-order chi connectivity index (χ1) is 38.0. The summed E-state index contributed by atoms with van der Waals surface area (Å²) in [5.41, 5.74) is 23.7. The number of para-hydroxylation sites is 2. The summed E-state index contributed by atoms with van der Waals surface area (Å²) in [5.74, 6) is -0.200. The number of rotatable bonds is 9. The van der Waals surface area contributed by atoms with Gasteiger partial charge >= 0.3 is 0 Å². The first-order valence-corrected chi connectivity index (χ1v) is 27.1. The molecule has 0 spiro atoms. The molecule has 11 aromatic rings. The topological polar surface area (TPSA) is 6.48 Å². The van der Waals surface area contributed by atoms with Crippen molar-refractivity contribution >= 4 is 57.2 Å². The molecule has 2 aliphatic heterocycles. The van der Waals surface area contributed by atoms with Crippen molar-refractivity contribution < 1.29 is 8.78 Å². The molecule has 1 aliphatic carbocycles. The van der Waals surface area contributed by atoms with Crippen molar-refractivity contribution in [3.63, 3.8) is 0 Å². The molecule has 0 bridgehead atoms. The Labute approximate surface area is 450 Å². The maximum Gasteiger partial charge on any atom is 0.252 e. The molecule has 11 aromatic carbocycles. The van der Waals surface area contributed by atoms with Gasteiger partial charge in [-0.25, -0.2) is 8.78 Å². The van der Waals surface area contributed by atoms with Crippen molar-refractivity contribution in [2.24, 2.45) is 0 Å². The van der Waals surface area contributed by atoms with E-state index in [4.69, 9.17) is 0 Å². The highest BCUT2D eigenvalue weighted by Gasteiger charge is 2.46. The van der Waals surface area contributed by atoms with Crippen molar-refractivity contribution in [2.45, 2.75) is 38.0 Å². The Balaban J connectivity index is 1.16. The molecule has 5 heteroatoms. The van der Waals surface area contributed by atoms with Crippen LogP contribution in [-0.4, -0.2) is 6.71 Å². The molecular formula is C72H53BF2N2. The Kier molecular flexibility index (Phi) is 11.8. The molecule has 0 amide bonds. The standard InChI is InChI=1S/C72H53BF2N2/c74-58-32-16-30-53(42-58)55-38-40-66-64(44-55)73-65-45-56(54-31-17-33-59(75)43-54)39-41-67(65)77(72-62(51-26-12-4-13-27-51)36-19-37-63(72)52-28-14-5-15-29-52)69-47-57(48-20-6-1-7-21-48)46-68(70(69)73)76(66)71-60(49-22-8-2-9-23-49)34-18-35-61(71)50-24-10-3-11-25-50/h2-5,8-19,22-48H,1,6-7,20-21H2. The normalized spacial score (nSPS) is 13.7. The lowest BCUT2D eigenvalue weighted by molar-refractivity contribution is 0.444. The van der Waals surface area contributed by atoms with E-state index in [0.717, 1.165) is 125 Å². The van der Waals surface area contributed by atoms with Crippen LogP contribution in [0.5, 0.6) is 0 Å². The molecule has 0 unspecified atom stereocenters. The minimum atomic E-state index is -0.298. The Hall–Kier alpha value is -9.06. The third kappa shape index (κ3) is 8.26. The molecule has 14 rings (SSSR count). The Bertz CT molecular complexity index is 3640. The maximum atomic E-state index is 15.4. The van der Waals surface area contributed by atoms with E-state index in [-0.39, 0.29) is 18.3 Å². The largest absolute Gasteiger partial charge is 0.310 e. The third-order valence-electron chi connectivity index (χ3n) is 16.3. The highest BCUT2D eigenvalue weighted by molar-refractivity contribution is 7.00. The first kappa shape index (κ1) is 46.5. The number of anilines is 6. The molecule has 368 valence electrons. The zero-order valence-electron chi connectivity index (χ0n) is 42.6. The summed E-state index contributed by atoms with van der Waals surface area (Å²) in [6.07, 6.45) is 5.86. The fourth-order valence-corrected chi connectivity index (χ4v) is 12.8. The summed E-state index contributed by atoms with van der Waals surface area (Å²) in [7, 11) is 0. The van der Waals surface area contributed by atoms with Gasteiger partial charge in [-0.2, -0.15) is 0 Å². The number of hydrogen-bond acceptors (Lipinski definition) is 2. The van der Waals surface area contributed by atoms with Gasteiger partial charge in [-0.1, -0.05) is 226 Å². The van der Waals surface area contributed by atoms with E-state index in [1.807, 2.05) is 12.1 Å². The van der Waals surface area contributed by atoms with E-state index in [0.29, 0.717) is 5.92 Å². The SMILES string of the molecule is Fc1cccc(-c2ccc3c(c2)B2c4cc(-c5cccc(F)c5)ccc4N(c4c(-c5ccccc5)cccc4-c4ccccc4)c4cc(C5CCCCC5)cc(c42)N3c2c(-c3ccccc3)cccc2-c2ccccc2)c1. The van der Waals surface area contributed by atoms with Crippen molar-refractivity contribution in [3.05, 3.63) is 272 Å². The smallest absolute Gasteiger partial charge is 0.252 e. The second-order valence-corrected chi connectivity index (χ2v) is 20.8. The fourth-order valence-electron chi connectivity index (χ4n) is 12.8. The van der Waals surface area contributed by atoms with Gasteiger partial charge in [-0.05, 0) is 134 Å². The van der Waals surface area contributed by atoms with E-state index in [2.05, 4.69) is 216 Å². The van der Waals surface area contributed by atoms with Gasteiger partial charge in [0.05, 0.1) is 11.4 Å². The van der Waals surface area contributed by atoms with Crippen LogP contribution in [0.2, 0.25) is 0 Å². The molecule has 0 N–H and O–H groups in total. The lowest BCUT2D eigenvalue weighted by Gasteiger charge is -2.46. The molecule has 0 aromatic heterocycles. The molecule has 1 fully saturated rings. The number of fused-ring (bicyclic) bond motifs is 4. The van der Waals surface area contributed by atoms with E-state index >= 15 is 8.78 Å². The van der Waals surface area contributed by atoms with Crippen LogP contribution in [0.1, 0.15) is 43.6 Å². The van der Waals surface area contributed by atoms with Gasteiger partial charge in [0, 0.05) is 45.0 Å². The highest BCUT2D eigenvalue weighted by atomic mass is 19.1. The molecule has 2 heterocycles. The van der Waals surface area contributed by atoms with Crippen LogP contribution in [0.25, 0.3) is 66.8 Å². The second kappa shape index (κ2) is 19.6. The summed E-state index contributed by atoms with van der Waals surface area (Å²) in [4.78, 5) is 5.16. The number of halogens is 2. The zero-order valence-corrected chi connectivity index (χ0v) is 42.6. The molecule has 0 atom stereocenters. The number of nitrogens with zero attached hydrogens (tertiary/aromatic N) is 2. The monoisotopic (exact) mass is 994 g/mol. The minimum Gasteiger partial charge on any atom is -0.310 e. The average molecular weight is 995 g/mol. The zero-order chi connectivity index (χ0) is 51.4. The Morgan fingerprint density at radius 3 is 1.04 bits per heavy atom. The molecular weight excluding hydrogens is 942 g/mol. The van der Waals surface area contributed by atoms with Gasteiger partial charge in [0.15, 0.2) is 0 Å². The van der Waals surface area contributed by atoms with Crippen molar-refractivity contribution in [3.8, 4) is 66.8 Å². The van der Waals surface area contributed by atoms with Gasteiger partial charge in [-0.3, -0.25) is 0 Å². The Morgan fingerprint density at radius 1 is 0.312 bits per heavy atom. The van der Waals surface area contributed by atoms with Crippen molar-refractivity contribution in [2.75, 3.05) is 9.80 Å². The maximum absolute atomic E-state index is 15.4. The van der Waals surface area contributed by atoms with E-state index in [9.17, 15) is 0 Å². The Morgan fingerprint density at radius 2 is 0.662 bits per heavy atom. The van der Waals surface area contributed by atoms with Gasteiger partial charge in [0.1, 0.15) is 11.6 Å². The summed E-state index contributed by atoms with van der Waals surface area (Å²) < 4.78 is 30.8. The fraction of sp³-hybridized carbons (Fsp3) is 0.0833. The van der Waals surface area contributed by atoms with E-state index in [1.54, 1.807) is 24.3 Å². The van der Waals surface area contributed by atoms with Crippen LogP contribution in [0.4, 0.5) is 42.9 Å².